The number of hydrogen-bond acceptors (Lipinski definition) is 5. The molecular weight excluding hydrogens is 308 g/mol. The van der Waals surface area contributed by atoms with E-state index < -0.39 is 5.41 Å². The molecular formula is C18H20N2O4. The summed E-state index contributed by atoms with van der Waals surface area (Å²) in [5.41, 5.74) is 1.12. The predicted octanol–water partition coefficient (Wildman–Crippen LogP) is 2.24. The first-order chi connectivity index (χ1) is 11.7. The zero-order chi connectivity index (χ0) is 16.6. The van der Waals surface area contributed by atoms with Gasteiger partial charge in [-0.15, -0.1) is 0 Å². The van der Waals surface area contributed by atoms with Gasteiger partial charge in [0.2, 0.25) is 5.91 Å². The van der Waals surface area contributed by atoms with Crippen LogP contribution in [0.5, 0.6) is 5.75 Å². The second-order valence-corrected chi connectivity index (χ2v) is 6.30. The Kier molecular flexibility index (Phi) is 3.76. The van der Waals surface area contributed by atoms with Crippen molar-refractivity contribution in [3.63, 3.8) is 0 Å². The van der Waals surface area contributed by atoms with E-state index in [2.05, 4.69) is 5.16 Å². The highest BCUT2D eigenvalue weighted by Crippen LogP contribution is 2.50. The lowest BCUT2D eigenvalue weighted by molar-refractivity contribution is -0.138. The molecule has 6 nitrogen and oxygen atoms in total. The lowest BCUT2D eigenvalue weighted by Crippen LogP contribution is -2.45. The van der Waals surface area contributed by atoms with E-state index in [1.54, 1.807) is 7.11 Å². The van der Waals surface area contributed by atoms with Gasteiger partial charge in [-0.25, -0.2) is 0 Å². The van der Waals surface area contributed by atoms with Crippen LogP contribution in [0.3, 0.4) is 0 Å². The SMILES string of the molecule is COc1cccc(-c2cc(C3(C(=O)N4CCOCC4)CC3)no2)c1. The minimum atomic E-state index is -0.502. The van der Waals surface area contributed by atoms with E-state index in [0.29, 0.717) is 32.1 Å². The summed E-state index contributed by atoms with van der Waals surface area (Å²) in [7, 11) is 1.63. The Morgan fingerprint density at radius 3 is 2.75 bits per heavy atom. The van der Waals surface area contributed by atoms with Gasteiger partial charge in [-0.05, 0) is 25.0 Å². The average molecular weight is 328 g/mol. The van der Waals surface area contributed by atoms with Gasteiger partial charge in [-0.2, -0.15) is 0 Å². The van der Waals surface area contributed by atoms with E-state index >= 15 is 0 Å². The third-order valence-corrected chi connectivity index (χ3v) is 4.81. The topological polar surface area (TPSA) is 64.8 Å². The molecule has 2 fully saturated rings. The average Bonchev–Trinajstić information content (AvgIpc) is 3.31. The highest BCUT2D eigenvalue weighted by Gasteiger charge is 2.55. The molecule has 2 heterocycles. The number of carbonyl (C=O) groups is 1. The number of rotatable bonds is 4. The van der Waals surface area contributed by atoms with Gasteiger partial charge in [0.1, 0.15) is 5.75 Å². The molecule has 2 aromatic rings. The summed E-state index contributed by atoms with van der Waals surface area (Å²) in [5.74, 6) is 1.57. The Bertz CT molecular complexity index is 745. The molecule has 0 bridgehead atoms. The first-order valence-corrected chi connectivity index (χ1v) is 8.22. The number of benzene rings is 1. The Morgan fingerprint density at radius 2 is 2.04 bits per heavy atom. The fourth-order valence-corrected chi connectivity index (χ4v) is 3.19. The van der Waals surface area contributed by atoms with Crippen molar-refractivity contribution in [2.45, 2.75) is 18.3 Å². The molecule has 2 aliphatic rings. The van der Waals surface area contributed by atoms with Crippen molar-refractivity contribution in [2.75, 3.05) is 33.4 Å². The van der Waals surface area contributed by atoms with E-state index in [0.717, 1.165) is 29.8 Å². The molecule has 0 radical (unpaired) electrons. The number of methoxy groups -OCH3 is 1. The smallest absolute Gasteiger partial charge is 0.235 e. The Balaban J connectivity index is 1.58. The van der Waals surface area contributed by atoms with E-state index in [-0.39, 0.29) is 5.91 Å². The molecule has 0 spiro atoms. The van der Waals surface area contributed by atoms with E-state index in [4.69, 9.17) is 14.0 Å². The number of amides is 1. The maximum Gasteiger partial charge on any atom is 0.235 e. The molecule has 0 atom stereocenters. The molecule has 0 N–H and O–H groups in total. The van der Waals surface area contributed by atoms with Crippen LogP contribution in [0.4, 0.5) is 0 Å². The molecule has 1 saturated heterocycles. The van der Waals surface area contributed by atoms with Gasteiger partial charge in [0.15, 0.2) is 5.76 Å². The number of aromatic nitrogens is 1. The summed E-state index contributed by atoms with van der Waals surface area (Å²) in [5, 5.41) is 4.20. The van der Waals surface area contributed by atoms with Crippen molar-refractivity contribution in [3.05, 3.63) is 36.0 Å². The van der Waals surface area contributed by atoms with E-state index in [9.17, 15) is 4.79 Å². The minimum absolute atomic E-state index is 0.149. The largest absolute Gasteiger partial charge is 0.497 e. The van der Waals surface area contributed by atoms with Crippen molar-refractivity contribution in [1.29, 1.82) is 0 Å². The number of carbonyl (C=O) groups excluding carboxylic acids is 1. The molecule has 6 heteroatoms. The van der Waals surface area contributed by atoms with Crippen molar-refractivity contribution in [1.82, 2.24) is 10.1 Å². The normalized spacial score (nSPS) is 19.1. The van der Waals surface area contributed by atoms with Crippen LogP contribution in [0, 0.1) is 0 Å². The molecule has 1 amide bonds. The van der Waals surface area contributed by atoms with Crippen LogP contribution in [0.15, 0.2) is 34.9 Å². The van der Waals surface area contributed by atoms with Gasteiger partial charge >= 0.3 is 0 Å². The molecule has 1 aliphatic carbocycles. The minimum Gasteiger partial charge on any atom is -0.497 e. The number of morpholine rings is 1. The molecule has 4 rings (SSSR count). The number of nitrogens with zero attached hydrogens (tertiary/aromatic N) is 2. The quantitative estimate of drug-likeness (QED) is 0.861. The van der Waals surface area contributed by atoms with Gasteiger partial charge in [0.05, 0.1) is 31.4 Å². The highest BCUT2D eigenvalue weighted by molar-refractivity contribution is 5.91. The summed E-state index contributed by atoms with van der Waals surface area (Å²) < 4.78 is 16.1. The van der Waals surface area contributed by atoms with Crippen LogP contribution < -0.4 is 4.74 Å². The van der Waals surface area contributed by atoms with Crippen LogP contribution in [0.2, 0.25) is 0 Å². The zero-order valence-electron chi connectivity index (χ0n) is 13.7. The first kappa shape index (κ1) is 15.2. The maximum atomic E-state index is 12.9. The van der Waals surface area contributed by atoms with Crippen molar-refractivity contribution >= 4 is 5.91 Å². The van der Waals surface area contributed by atoms with Crippen LogP contribution in [-0.2, 0) is 14.9 Å². The maximum absolute atomic E-state index is 12.9. The third-order valence-electron chi connectivity index (χ3n) is 4.81. The Hall–Kier alpha value is -2.34. The summed E-state index contributed by atoms with van der Waals surface area (Å²) in [6.45, 7) is 2.52. The first-order valence-electron chi connectivity index (χ1n) is 8.22. The zero-order valence-corrected chi connectivity index (χ0v) is 13.7. The molecule has 0 unspecified atom stereocenters. The summed E-state index contributed by atoms with van der Waals surface area (Å²) in [4.78, 5) is 14.8. The van der Waals surface area contributed by atoms with Crippen LogP contribution in [0.1, 0.15) is 18.5 Å². The van der Waals surface area contributed by atoms with Crippen molar-refractivity contribution in [2.24, 2.45) is 0 Å². The van der Waals surface area contributed by atoms with Gasteiger partial charge in [0.25, 0.3) is 0 Å². The van der Waals surface area contributed by atoms with Crippen LogP contribution >= 0.6 is 0 Å². The Labute approximate surface area is 140 Å². The molecule has 1 aromatic carbocycles. The summed E-state index contributed by atoms with van der Waals surface area (Å²) >= 11 is 0. The van der Waals surface area contributed by atoms with Crippen LogP contribution in [-0.4, -0.2) is 49.4 Å². The Morgan fingerprint density at radius 1 is 1.25 bits per heavy atom. The van der Waals surface area contributed by atoms with Crippen LogP contribution in [0.25, 0.3) is 11.3 Å². The molecule has 1 aliphatic heterocycles. The third kappa shape index (κ3) is 2.57. The fraction of sp³-hybridized carbons (Fsp3) is 0.444. The van der Waals surface area contributed by atoms with Gasteiger partial charge < -0.3 is 18.9 Å². The predicted molar refractivity (Wildman–Crippen MR) is 86.8 cm³/mol. The van der Waals surface area contributed by atoms with Gasteiger partial charge in [-0.3, -0.25) is 4.79 Å². The number of hydrogen-bond donors (Lipinski definition) is 0. The molecule has 1 aromatic heterocycles. The van der Waals surface area contributed by atoms with E-state index in [1.807, 2.05) is 35.2 Å². The molecule has 126 valence electrons. The highest BCUT2D eigenvalue weighted by atomic mass is 16.5. The van der Waals surface area contributed by atoms with Crippen molar-refractivity contribution in [3.8, 4) is 17.1 Å². The summed E-state index contributed by atoms with van der Waals surface area (Å²) in [6.07, 6.45) is 1.65. The van der Waals surface area contributed by atoms with Gasteiger partial charge in [-0.1, -0.05) is 17.3 Å². The second kappa shape index (κ2) is 5.94. The van der Waals surface area contributed by atoms with Gasteiger partial charge in [0, 0.05) is 24.7 Å². The standard InChI is InChI=1S/C18H20N2O4/c1-22-14-4-2-3-13(11-14)15-12-16(19-24-15)18(5-6-18)17(21)20-7-9-23-10-8-20/h2-4,11-12H,5-10H2,1H3. The fourth-order valence-electron chi connectivity index (χ4n) is 3.19. The monoisotopic (exact) mass is 328 g/mol. The summed E-state index contributed by atoms with van der Waals surface area (Å²) in [6, 6.07) is 9.51. The lowest BCUT2D eigenvalue weighted by Gasteiger charge is -2.29. The second-order valence-electron chi connectivity index (χ2n) is 6.30. The molecule has 24 heavy (non-hydrogen) atoms. The van der Waals surface area contributed by atoms with E-state index in [1.165, 1.54) is 0 Å². The lowest BCUT2D eigenvalue weighted by atomic mass is 9.99. The molecule has 1 saturated carbocycles. The number of ether oxygens (including phenoxy) is 2. The van der Waals surface area contributed by atoms with Crippen molar-refractivity contribution < 1.29 is 18.8 Å².